The van der Waals surface area contributed by atoms with Gasteiger partial charge in [-0.25, -0.2) is 0 Å². The Morgan fingerprint density at radius 1 is 0.436 bits per heavy atom. The van der Waals surface area contributed by atoms with Crippen molar-refractivity contribution in [2.75, 3.05) is 0 Å². The molecule has 39 heavy (non-hydrogen) atoms. The Labute approximate surface area is 234 Å². The van der Waals surface area contributed by atoms with E-state index in [1.807, 2.05) is 0 Å². The van der Waals surface area contributed by atoms with Crippen molar-refractivity contribution < 1.29 is 30.0 Å². The normalized spacial score (nSPS) is 9.64. The monoisotopic (exact) mass is 626 g/mol. The molecule has 0 aliphatic carbocycles. The second-order valence-corrected chi connectivity index (χ2v) is 14.3. The molecule has 6 nitrogen and oxygen atoms in total. The molecule has 5 aromatic rings. The predicted molar refractivity (Wildman–Crippen MR) is 149 cm³/mol. The van der Waals surface area contributed by atoms with Crippen LogP contribution in [0.25, 0.3) is 0 Å². The third kappa shape index (κ3) is 9.37. The predicted octanol–water partition coefficient (Wildman–Crippen LogP) is 1.71. The second-order valence-electron chi connectivity index (χ2n) is 8.01. The summed E-state index contributed by atoms with van der Waals surface area (Å²) in [6, 6.07) is 43.2. The molecule has 194 valence electrons. The molecule has 2 N–H and O–H groups in total. The Morgan fingerprint density at radius 3 is 0.923 bits per heavy atom. The van der Waals surface area contributed by atoms with E-state index in [1.165, 1.54) is 59.1 Å². The van der Waals surface area contributed by atoms with E-state index in [1.54, 1.807) is 0 Å². The van der Waals surface area contributed by atoms with Crippen LogP contribution in [0.3, 0.4) is 0 Å². The van der Waals surface area contributed by atoms with Crippen LogP contribution in [0.4, 0.5) is 0 Å². The van der Waals surface area contributed by atoms with E-state index in [9.17, 15) is 19.8 Å². The molecule has 0 bridgehead atoms. The molecule has 0 aliphatic heterocycles. The summed E-state index contributed by atoms with van der Waals surface area (Å²) < 4.78 is 4.55. The summed E-state index contributed by atoms with van der Waals surface area (Å²) in [5.41, 5.74) is 0.135. The van der Waals surface area contributed by atoms with Gasteiger partial charge in [0, 0.05) is 0 Å². The average molecular weight is 627 g/mol. The molecule has 0 aliphatic rings. The molecule has 0 radical (unpaired) electrons. The Balaban J connectivity index is 0.000000178. The molecule has 5 aromatic carbocycles. The van der Waals surface area contributed by atoms with E-state index >= 15 is 0 Å². The van der Waals surface area contributed by atoms with E-state index in [4.69, 9.17) is 10.2 Å². The zero-order valence-corrected chi connectivity index (χ0v) is 23.3. The molecule has 0 atom stereocenters. The van der Waals surface area contributed by atoms with Crippen molar-refractivity contribution in [3.8, 4) is 11.5 Å². The summed E-state index contributed by atoms with van der Waals surface area (Å²) in [4.78, 5) is 20.2. The Hall–Kier alpha value is -4.54. The SMILES string of the molecule is O=C([O-])c1ccc(O)cc1.O=C([O-])c1ccc(O)cc1.c1cc[c]([Sb+2]([c]2ccccc2)[c]2ccccc2)cc1. The molecular formula is C32H25O6Sb. The fourth-order valence-corrected chi connectivity index (χ4v) is 9.95. The van der Waals surface area contributed by atoms with Gasteiger partial charge in [0.25, 0.3) is 0 Å². The zero-order valence-electron chi connectivity index (χ0n) is 20.8. The second kappa shape index (κ2) is 15.0. The summed E-state index contributed by atoms with van der Waals surface area (Å²) in [7, 11) is 0. The van der Waals surface area contributed by atoms with Gasteiger partial charge in [-0.2, -0.15) is 0 Å². The first-order valence-electron chi connectivity index (χ1n) is 11.8. The number of carboxylic acid groups (broad SMARTS) is 2. The van der Waals surface area contributed by atoms with Crippen molar-refractivity contribution in [2.24, 2.45) is 0 Å². The number of hydrogen-bond acceptors (Lipinski definition) is 6. The zero-order chi connectivity index (χ0) is 28.0. The summed E-state index contributed by atoms with van der Waals surface area (Å²) in [6.07, 6.45) is 0. The van der Waals surface area contributed by atoms with Crippen LogP contribution in [0.5, 0.6) is 11.5 Å². The number of rotatable bonds is 5. The molecule has 0 unspecified atom stereocenters. The van der Waals surface area contributed by atoms with Gasteiger partial charge < -0.3 is 30.0 Å². The van der Waals surface area contributed by atoms with Gasteiger partial charge in [0.2, 0.25) is 0 Å². The van der Waals surface area contributed by atoms with Gasteiger partial charge in [0.15, 0.2) is 0 Å². The molecule has 0 fully saturated rings. The van der Waals surface area contributed by atoms with Crippen molar-refractivity contribution in [1.29, 1.82) is 0 Å². The van der Waals surface area contributed by atoms with Crippen molar-refractivity contribution in [1.82, 2.24) is 0 Å². The Morgan fingerprint density at radius 2 is 0.692 bits per heavy atom. The van der Waals surface area contributed by atoms with E-state index in [2.05, 4.69) is 91.0 Å². The summed E-state index contributed by atoms with van der Waals surface area (Å²) in [5.74, 6) is -2.38. The van der Waals surface area contributed by atoms with Crippen molar-refractivity contribution >= 4 is 42.7 Å². The minimum absolute atomic E-state index is 0.0463. The molecular weight excluding hydrogens is 602 g/mol. The van der Waals surface area contributed by atoms with Crippen LogP contribution in [0, 0.1) is 0 Å². The van der Waals surface area contributed by atoms with Crippen LogP contribution in [0.15, 0.2) is 140 Å². The van der Waals surface area contributed by atoms with Crippen LogP contribution >= 0.6 is 0 Å². The number of benzene rings is 5. The van der Waals surface area contributed by atoms with Gasteiger partial charge in [-0.15, -0.1) is 0 Å². The van der Waals surface area contributed by atoms with E-state index < -0.39 is 32.1 Å². The molecule has 7 heteroatoms. The first-order chi connectivity index (χ1) is 18.8. The van der Waals surface area contributed by atoms with Gasteiger partial charge in [-0.05, 0) is 59.7 Å². The maximum atomic E-state index is 10.1. The minimum atomic E-state index is -1.83. The van der Waals surface area contributed by atoms with E-state index in [0.29, 0.717) is 0 Å². The van der Waals surface area contributed by atoms with Crippen LogP contribution < -0.4 is 20.7 Å². The number of carboxylic acids is 2. The molecule has 5 rings (SSSR count). The Bertz CT molecular complexity index is 1290. The third-order valence-corrected chi connectivity index (χ3v) is 12.2. The van der Waals surface area contributed by atoms with Crippen LogP contribution in [-0.2, 0) is 0 Å². The van der Waals surface area contributed by atoms with Crippen LogP contribution in [-0.4, -0.2) is 42.4 Å². The van der Waals surface area contributed by atoms with E-state index in [-0.39, 0.29) is 22.6 Å². The summed E-state index contributed by atoms with van der Waals surface area (Å²) in [5, 5.41) is 37.7. The number of aromatic carboxylic acids is 2. The summed E-state index contributed by atoms with van der Waals surface area (Å²) in [6.45, 7) is 0. The molecule has 0 spiro atoms. The first kappa shape index (κ1) is 29.0. The number of hydrogen-bond donors (Lipinski definition) is 2. The van der Waals surface area contributed by atoms with Crippen LogP contribution in [0.2, 0.25) is 0 Å². The number of carbonyl (C=O) groups excluding carboxylic acids is 2. The Kier molecular flexibility index (Phi) is 11.2. The van der Waals surface area contributed by atoms with E-state index in [0.717, 1.165) is 0 Å². The molecule has 0 saturated heterocycles. The van der Waals surface area contributed by atoms with Gasteiger partial charge in [0.1, 0.15) is 11.5 Å². The fraction of sp³-hybridized carbons (Fsp3) is 0. The van der Waals surface area contributed by atoms with Gasteiger partial charge in [0.05, 0.1) is 11.9 Å². The molecule has 0 saturated carbocycles. The first-order valence-corrected chi connectivity index (χ1v) is 15.6. The van der Waals surface area contributed by atoms with Gasteiger partial charge >= 0.3 is 122 Å². The topological polar surface area (TPSA) is 121 Å². The molecule has 0 amide bonds. The number of carbonyl (C=O) groups is 2. The fourth-order valence-electron chi connectivity index (χ4n) is 3.37. The quantitative estimate of drug-likeness (QED) is 0.287. The third-order valence-electron chi connectivity index (χ3n) is 5.25. The summed E-state index contributed by atoms with van der Waals surface area (Å²) >= 11 is -1.83. The number of phenols is 2. The average Bonchev–Trinajstić information content (AvgIpc) is 2.96. The standard InChI is InChI=1S/2C7H6O3.3C6H5.Sb/c2*8-6-3-1-5(2-4-6)7(9)10;3*1-2-4-6-5-3-1;/h2*1-4,8H,(H,9,10);3*1-5H;/q;;;;;+2/p-2. The maximum absolute atomic E-state index is 10.1. The number of aromatic hydroxyl groups is 2. The number of phenolic OH excluding ortho intramolecular Hbond substituents is 2. The van der Waals surface area contributed by atoms with Crippen LogP contribution in [0.1, 0.15) is 20.7 Å². The van der Waals surface area contributed by atoms with Crippen molar-refractivity contribution in [2.45, 2.75) is 0 Å². The van der Waals surface area contributed by atoms with Crippen molar-refractivity contribution in [3.05, 3.63) is 151 Å². The van der Waals surface area contributed by atoms with Gasteiger partial charge in [-0.1, -0.05) is 0 Å². The molecule has 0 heterocycles. The molecule has 0 aromatic heterocycles. The van der Waals surface area contributed by atoms with Gasteiger partial charge in [-0.3, -0.25) is 0 Å². The van der Waals surface area contributed by atoms with Crippen molar-refractivity contribution in [3.63, 3.8) is 0 Å².